The molecule has 0 bridgehead atoms. The Morgan fingerprint density at radius 3 is 2.60 bits per heavy atom. The zero-order valence-corrected chi connectivity index (χ0v) is 23.6. The molecule has 1 aliphatic heterocycles. The molecule has 1 unspecified atom stereocenters. The smallest absolute Gasteiger partial charge is 0.254 e. The van der Waals surface area contributed by atoms with Crippen LogP contribution in [0.3, 0.4) is 0 Å². The van der Waals surface area contributed by atoms with Gasteiger partial charge in [-0.15, -0.1) is 5.10 Å². The highest BCUT2D eigenvalue weighted by Crippen LogP contribution is 2.51. The summed E-state index contributed by atoms with van der Waals surface area (Å²) in [6, 6.07) is 19.9. The monoisotopic (exact) mass is 578 g/mol. The number of benzene rings is 3. The standard InChI is InChI=1S/C29H28Cl2N6O3/c1-29(2,3)25(19-9-4-5-10-21(19)31)26-20-14-17(30)11-12-22(20)33-28(39)23(40-26)15-24(38)32-18-8-6-7-16(13-18)27-34-36-37-35-27/h4-14,23,25-26H,15H2,1-3H3,(H,32,38)(H,33,39)(H,34,35,36,37)/t23-,25?,26+/m0/s1. The number of H-pyrrole nitrogens is 1. The fraction of sp³-hybridized carbons (Fsp3) is 0.276. The minimum Gasteiger partial charge on any atom is -0.359 e. The quantitative estimate of drug-likeness (QED) is 0.243. The minimum absolute atomic E-state index is 0.211. The van der Waals surface area contributed by atoms with Crippen molar-refractivity contribution in [3.8, 4) is 11.4 Å². The van der Waals surface area contributed by atoms with E-state index >= 15 is 0 Å². The number of aromatic amines is 1. The second kappa shape index (κ2) is 11.4. The Morgan fingerprint density at radius 1 is 1.07 bits per heavy atom. The fourth-order valence-corrected chi connectivity index (χ4v) is 5.46. The van der Waals surface area contributed by atoms with Crippen molar-refractivity contribution in [1.82, 2.24) is 20.6 Å². The molecule has 9 nitrogen and oxygen atoms in total. The zero-order valence-electron chi connectivity index (χ0n) is 22.1. The van der Waals surface area contributed by atoms with Crippen LogP contribution in [0.4, 0.5) is 11.4 Å². The minimum atomic E-state index is -1.08. The number of aromatic nitrogens is 4. The maximum atomic E-state index is 13.4. The summed E-state index contributed by atoms with van der Waals surface area (Å²) in [6.45, 7) is 6.27. The molecular weight excluding hydrogens is 551 g/mol. The number of rotatable bonds is 6. The Labute approximate surface area is 241 Å². The molecule has 0 radical (unpaired) electrons. The number of ether oxygens (including phenoxy) is 1. The topological polar surface area (TPSA) is 122 Å². The molecule has 0 saturated heterocycles. The van der Waals surface area contributed by atoms with E-state index in [9.17, 15) is 9.59 Å². The SMILES string of the molecule is CC(C)(C)C(c1ccccc1Cl)[C@@H]1O[C@@H](CC(=O)Nc2cccc(-c3nnn[nH]3)c2)C(=O)Nc2ccc(Cl)cc21. The Hall–Kier alpha value is -3.79. The molecule has 1 aromatic heterocycles. The molecule has 11 heteroatoms. The van der Waals surface area contributed by atoms with E-state index in [0.717, 1.165) is 11.1 Å². The van der Waals surface area contributed by atoms with Crippen molar-refractivity contribution in [3.05, 3.63) is 87.9 Å². The van der Waals surface area contributed by atoms with Crippen LogP contribution in [-0.2, 0) is 14.3 Å². The van der Waals surface area contributed by atoms with Crippen LogP contribution in [0.15, 0.2) is 66.7 Å². The second-order valence-corrected chi connectivity index (χ2v) is 11.6. The highest BCUT2D eigenvalue weighted by molar-refractivity contribution is 6.31. The van der Waals surface area contributed by atoms with Gasteiger partial charge in [0.05, 0.1) is 12.5 Å². The predicted octanol–water partition coefficient (Wildman–Crippen LogP) is 6.41. The van der Waals surface area contributed by atoms with Gasteiger partial charge in [0.25, 0.3) is 5.91 Å². The number of tetrazole rings is 1. The molecule has 0 saturated carbocycles. The van der Waals surface area contributed by atoms with Gasteiger partial charge < -0.3 is 15.4 Å². The Morgan fingerprint density at radius 2 is 1.88 bits per heavy atom. The van der Waals surface area contributed by atoms with Crippen molar-refractivity contribution in [2.45, 2.75) is 45.3 Å². The summed E-state index contributed by atoms with van der Waals surface area (Å²) in [7, 11) is 0. The van der Waals surface area contributed by atoms with Gasteiger partial charge in [-0.05, 0) is 57.8 Å². The Balaban J connectivity index is 1.46. The summed E-state index contributed by atoms with van der Waals surface area (Å²) >= 11 is 13.1. The van der Waals surface area contributed by atoms with E-state index in [1.165, 1.54) is 0 Å². The molecule has 4 aromatic rings. The first-order valence-electron chi connectivity index (χ1n) is 12.7. The van der Waals surface area contributed by atoms with Gasteiger partial charge in [0.2, 0.25) is 5.91 Å². The van der Waals surface area contributed by atoms with Crippen molar-refractivity contribution < 1.29 is 14.3 Å². The number of anilines is 2. The van der Waals surface area contributed by atoms with Gasteiger partial charge >= 0.3 is 0 Å². The maximum Gasteiger partial charge on any atom is 0.254 e. The lowest BCUT2D eigenvalue weighted by molar-refractivity contribution is -0.138. The lowest BCUT2D eigenvalue weighted by atomic mass is 9.71. The number of hydrogen-bond donors (Lipinski definition) is 3. The lowest BCUT2D eigenvalue weighted by Crippen LogP contribution is -2.35. The van der Waals surface area contributed by atoms with Gasteiger partial charge in [-0.25, -0.2) is 5.10 Å². The van der Waals surface area contributed by atoms with Crippen LogP contribution >= 0.6 is 23.2 Å². The lowest BCUT2D eigenvalue weighted by Gasteiger charge is -2.38. The summed E-state index contributed by atoms with van der Waals surface area (Å²) in [5.74, 6) is -0.617. The predicted molar refractivity (Wildman–Crippen MR) is 154 cm³/mol. The number of nitrogens with zero attached hydrogens (tertiary/aromatic N) is 3. The normalized spacial score (nSPS) is 17.9. The molecule has 0 spiro atoms. The molecule has 3 atom stereocenters. The summed E-state index contributed by atoms with van der Waals surface area (Å²) in [5.41, 5.74) is 3.07. The average Bonchev–Trinajstić information content (AvgIpc) is 3.41. The van der Waals surface area contributed by atoms with Gasteiger partial charge in [-0.1, -0.05) is 74.3 Å². The van der Waals surface area contributed by atoms with Crippen molar-refractivity contribution in [2.24, 2.45) is 5.41 Å². The third-order valence-corrected chi connectivity index (χ3v) is 7.37. The number of amides is 2. The second-order valence-electron chi connectivity index (χ2n) is 10.7. The molecule has 0 fully saturated rings. The van der Waals surface area contributed by atoms with E-state index in [1.54, 1.807) is 36.4 Å². The molecule has 0 aliphatic carbocycles. The average molecular weight is 579 g/mol. The highest BCUT2D eigenvalue weighted by atomic mass is 35.5. The van der Waals surface area contributed by atoms with Gasteiger partial charge in [-0.3, -0.25) is 9.59 Å². The number of carbonyl (C=O) groups excluding carboxylic acids is 2. The molecular formula is C29H28Cl2N6O3. The molecule has 3 aromatic carbocycles. The zero-order chi connectivity index (χ0) is 28.4. The van der Waals surface area contributed by atoms with Gasteiger partial charge in [-0.2, -0.15) is 0 Å². The first kappa shape index (κ1) is 27.8. The van der Waals surface area contributed by atoms with E-state index in [4.69, 9.17) is 27.9 Å². The van der Waals surface area contributed by atoms with Gasteiger partial charge in [0, 0.05) is 38.5 Å². The first-order valence-corrected chi connectivity index (χ1v) is 13.5. The number of halogens is 2. The van der Waals surface area contributed by atoms with Crippen LogP contribution in [0.25, 0.3) is 11.4 Å². The summed E-state index contributed by atoms with van der Waals surface area (Å²) < 4.78 is 6.57. The molecule has 5 rings (SSSR count). The third kappa shape index (κ3) is 6.01. The molecule has 40 heavy (non-hydrogen) atoms. The van der Waals surface area contributed by atoms with Gasteiger partial charge in [0.15, 0.2) is 5.82 Å². The first-order chi connectivity index (χ1) is 19.1. The Bertz CT molecular complexity index is 1540. The maximum absolute atomic E-state index is 13.4. The van der Waals surface area contributed by atoms with Crippen LogP contribution < -0.4 is 10.6 Å². The van der Waals surface area contributed by atoms with Crippen LogP contribution in [0.2, 0.25) is 10.0 Å². The van der Waals surface area contributed by atoms with Crippen molar-refractivity contribution >= 4 is 46.4 Å². The van der Waals surface area contributed by atoms with Crippen molar-refractivity contribution in [3.63, 3.8) is 0 Å². The van der Waals surface area contributed by atoms with Crippen molar-refractivity contribution in [1.29, 1.82) is 0 Å². The molecule has 2 amide bonds. The van der Waals surface area contributed by atoms with E-state index in [2.05, 4.69) is 52.0 Å². The molecule has 206 valence electrons. The fourth-order valence-electron chi connectivity index (χ4n) is 5.02. The number of hydrogen-bond acceptors (Lipinski definition) is 6. The van der Waals surface area contributed by atoms with E-state index in [1.807, 2.05) is 30.3 Å². The van der Waals surface area contributed by atoms with E-state index in [0.29, 0.717) is 32.8 Å². The van der Waals surface area contributed by atoms with Crippen LogP contribution in [0.5, 0.6) is 0 Å². The third-order valence-electron chi connectivity index (χ3n) is 6.79. The largest absolute Gasteiger partial charge is 0.359 e. The van der Waals surface area contributed by atoms with Crippen LogP contribution in [0.1, 0.15) is 50.3 Å². The summed E-state index contributed by atoms with van der Waals surface area (Å²) in [4.78, 5) is 26.6. The molecule has 3 N–H and O–H groups in total. The van der Waals surface area contributed by atoms with E-state index < -0.39 is 18.1 Å². The Kier molecular flexibility index (Phi) is 7.89. The van der Waals surface area contributed by atoms with E-state index in [-0.39, 0.29) is 23.7 Å². The number of carbonyl (C=O) groups is 2. The van der Waals surface area contributed by atoms with Crippen LogP contribution in [-0.4, -0.2) is 38.5 Å². The summed E-state index contributed by atoms with van der Waals surface area (Å²) in [5, 5.41) is 20.7. The summed E-state index contributed by atoms with van der Waals surface area (Å²) in [6.07, 6.45) is -1.92. The number of nitrogens with one attached hydrogen (secondary N) is 3. The molecule has 1 aliphatic rings. The van der Waals surface area contributed by atoms with Crippen molar-refractivity contribution in [2.75, 3.05) is 10.6 Å². The molecule has 2 heterocycles. The van der Waals surface area contributed by atoms with Crippen LogP contribution in [0, 0.1) is 5.41 Å². The number of fused-ring (bicyclic) bond motifs is 1. The highest BCUT2D eigenvalue weighted by Gasteiger charge is 2.42. The van der Waals surface area contributed by atoms with Gasteiger partial charge in [0.1, 0.15) is 6.10 Å².